The van der Waals surface area contributed by atoms with E-state index in [1.807, 2.05) is 25.2 Å². The second-order valence-corrected chi connectivity index (χ2v) is 5.82. The minimum Gasteiger partial charge on any atom is -0.497 e. The first-order chi connectivity index (χ1) is 12.2. The standard InChI is InChI=1S/C19H33N3O3/c1-6-20-19(21-12-8-7-9-13-23-3)22(2)15-16-10-11-17(24-4)14-18(16)25-5/h10-11,14H,6-9,12-13,15H2,1-5H3,(H,20,21). The summed E-state index contributed by atoms with van der Waals surface area (Å²) in [6.07, 6.45) is 3.28. The molecule has 0 atom stereocenters. The highest BCUT2D eigenvalue weighted by Crippen LogP contribution is 2.25. The number of methoxy groups -OCH3 is 3. The Morgan fingerprint density at radius 1 is 1.12 bits per heavy atom. The van der Waals surface area contributed by atoms with E-state index in [1.165, 1.54) is 0 Å². The van der Waals surface area contributed by atoms with E-state index in [1.54, 1.807) is 21.3 Å². The van der Waals surface area contributed by atoms with Crippen molar-refractivity contribution in [3.63, 3.8) is 0 Å². The van der Waals surface area contributed by atoms with Gasteiger partial charge in [0.15, 0.2) is 5.96 Å². The van der Waals surface area contributed by atoms with Gasteiger partial charge >= 0.3 is 0 Å². The lowest BCUT2D eigenvalue weighted by atomic mass is 10.2. The summed E-state index contributed by atoms with van der Waals surface area (Å²) in [7, 11) is 7.11. The molecular weight excluding hydrogens is 318 g/mol. The Bertz CT molecular complexity index is 521. The van der Waals surface area contributed by atoms with Crippen LogP contribution in [0.4, 0.5) is 0 Å². The average Bonchev–Trinajstić information content (AvgIpc) is 2.63. The van der Waals surface area contributed by atoms with Crippen LogP contribution in [-0.4, -0.2) is 58.9 Å². The summed E-state index contributed by atoms with van der Waals surface area (Å²) in [6.45, 7) is 5.27. The Balaban J connectivity index is 2.67. The Labute approximate surface area is 152 Å². The van der Waals surface area contributed by atoms with Gasteiger partial charge in [0.2, 0.25) is 0 Å². The van der Waals surface area contributed by atoms with E-state index < -0.39 is 0 Å². The molecule has 142 valence electrons. The van der Waals surface area contributed by atoms with E-state index in [0.29, 0.717) is 6.54 Å². The molecular formula is C19H33N3O3. The highest BCUT2D eigenvalue weighted by atomic mass is 16.5. The Morgan fingerprint density at radius 3 is 2.56 bits per heavy atom. The first-order valence-corrected chi connectivity index (χ1v) is 8.85. The average molecular weight is 351 g/mol. The van der Waals surface area contributed by atoms with Crippen molar-refractivity contribution in [2.75, 3.05) is 48.1 Å². The van der Waals surface area contributed by atoms with Crippen molar-refractivity contribution >= 4 is 5.96 Å². The smallest absolute Gasteiger partial charge is 0.193 e. The molecule has 1 aromatic rings. The fraction of sp³-hybridized carbons (Fsp3) is 0.632. The van der Waals surface area contributed by atoms with Crippen molar-refractivity contribution in [1.82, 2.24) is 10.2 Å². The molecule has 0 aliphatic carbocycles. The third-order valence-corrected chi connectivity index (χ3v) is 3.87. The largest absolute Gasteiger partial charge is 0.497 e. The van der Waals surface area contributed by atoms with Gasteiger partial charge in [0.05, 0.1) is 14.2 Å². The molecule has 0 unspecified atom stereocenters. The molecule has 0 aliphatic rings. The second-order valence-electron chi connectivity index (χ2n) is 5.82. The molecule has 0 amide bonds. The Morgan fingerprint density at radius 2 is 1.92 bits per heavy atom. The quantitative estimate of drug-likeness (QED) is 0.377. The van der Waals surface area contributed by atoms with Crippen molar-refractivity contribution in [3.8, 4) is 11.5 Å². The molecule has 0 fully saturated rings. The predicted octanol–water partition coefficient (Wildman–Crippen LogP) is 2.92. The Kier molecular flexibility index (Phi) is 10.5. The minimum atomic E-state index is 0.711. The van der Waals surface area contributed by atoms with Crippen LogP contribution in [0.1, 0.15) is 31.7 Å². The topological polar surface area (TPSA) is 55.3 Å². The van der Waals surface area contributed by atoms with Crippen LogP contribution in [-0.2, 0) is 11.3 Å². The van der Waals surface area contributed by atoms with E-state index in [2.05, 4.69) is 17.1 Å². The molecule has 1 aromatic carbocycles. The van der Waals surface area contributed by atoms with Crippen LogP contribution in [0.2, 0.25) is 0 Å². The van der Waals surface area contributed by atoms with E-state index >= 15 is 0 Å². The normalized spacial score (nSPS) is 11.3. The van der Waals surface area contributed by atoms with Crippen molar-refractivity contribution < 1.29 is 14.2 Å². The second kappa shape index (κ2) is 12.4. The van der Waals surface area contributed by atoms with Gasteiger partial charge in [-0.2, -0.15) is 0 Å². The highest BCUT2D eigenvalue weighted by molar-refractivity contribution is 5.79. The highest BCUT2D eigenvalue weighted by Gasteiger charge is 2.11. The maximum Gasteiger partial charge on any atom is 0.193 e. The van der Waals surface area contributed by atoms with Crippen molar-refractivity contribution in [2.24, 2.45) is 4.99 Å². The lowest BCUT2D eigenvalue weighted by molar-refractivity contribution is 0.192. The van der Waals surface area contributed by atoms with E-state index in [4.69, 9.17) is 19.2 Å². The molecule has 0 radical (unpaired) electrons. The molecule has 0 heterocycles. The summed E-state index contributed by atoms with van der Waals surface area (Å²) in [4.78, 5) is 6.84. The monoisotopic (exact) mass is 351 g/mol. The zero-order chi connectivity index (χ0) is 18.5. The summed E-state index contributed by atoms with van der Waals surface area (Å²) >= 11 is 0. The first-order valence-electron chi connectivity index (χ1n) is 8.85. The number of guanidine groups is 1. The summed E-state index contributed by atoms with van der Waals surface area (Å²) < 4.78 is 15.8. The van der Waals surface area contributed by atoms with Gasteiger partial charge in [0.1, 0.15) is 11.5 Å². The molecule has 6 nitrogen and oxygen atoms in total. The molecule has 25 heavy (non-hydrogen) atoms. The number of unbranched alkanes of at least 4 members (excludes halogenated alkanes) is 2. The molecule has 6 heteroatoms. The molecule has 0 saturated carbocycles. The lowest BCUT2D eigenvalue weighted by Gasteiger charge is -2.23. The summed E-state index contributed by atoms with van der Waals surface area (Å²) in [5, 5.41) is 3.35. The number of hydrogen-bond donors (Lipinski definition) is 1. The van der Waals surface area contributed by atoms with Crippen LogP contribution < -0.4 is 14.8 Å². The summed E-state index contributed by atoms with van der Waals surface area (Å²) in [6, 6.07) is 5.89. The van der Waals surface area contributed by atoms with Gasteiger partial charge < -0.3 is 24.4 Å². The van der Waals surface area contributed by atoms with Gasteiger partial charge in [-0.15, -0.1) is 0 Å². The number of aliphatic imine (C=N–C) groups is 1. The van der Waals surface area contributed by atoms with Crippen LogP contribution in [0.15, 0.2) is 23.2 Å². The van der Waals surface area contributed by atoms with Gasteiger partial charge in [0.25, 0.3) is 0 Å². The van der Waals surface area contributed by atoms with E-state index in [0.717, 1.165) is 62.0 Å². The van der Waals surface area contributed by atoms with Crippen LogP contribution in [0.25, 0.3) is 0 Å². The fourth-order valence-corrected chi connectivity index (χ4v) is 2.50. The molecule has 0 aliphatic heterocycles. The molecule has 1 rings (SSSR count). The van der Waals surface area contributed by atoms with Crippen LogP contribution in [0.3, 0.4) is 0 Å². The molecule has 0 spiro atoms. The van der Waals surface area contributed by atoms with Crippen LogP contribution in [0, 0.1) is 0 Å². The number of nitrogens with zero attached hydrogens (tertiary/aromatic N) is 2. The molecule has 0 bridgehead atoms. The third-order valence-electron chi connectivity index (χ3n) is 3.87. The third kappa shape index (κ3) is 7.65. The zero-order valence-electron chi connectivity index (χ0n) is 16.3. The molecule has 0 saturated heterocycles. The van der Waals surface area contributed by atoms with Crippen LogP contribution >= 0.6 is 0 Å². The maximum absolute atomic E-state index is 5.49. The van der Waals surface area contributed by atoms with Gasteiger partial charge in [0, 0.05) is 52.0 Å². The maximum atomic E-state index is 5.49. The van der Waals surface area contributed by atoms with E-state index in [9.17, 15) is 0 Å². The van der Waals surface area contributed by atoms with Gasteiger partial charge in [-0.1, -0.05) is 0 Å². The van der Waals surface area contributed by atoms with Crippen molar-refractivity contribution in [1.29, 1.82) is 0 Å². The van der Waals surface area contributed by atoms with E-state index in [-0.39, 0.29) is 0 Å². The van der Waals surface area contributed by atoms with Crippen LogP contribution in [0.5, 0.6) is 11.5 Å². The SMILES string of the molecule is CCNC(=NCCCCCOC)N(C)Cc1ccc(OC)cc1OC. The van der Waals surface area contributed by atoms with Gasteiger partial charge in [-0.3, -0.25) is 4.99 Å². The first kappa shape index (κ1) is 21.1. The molecule has 0 aromatic heterocycles. The Hall–Kier alpha value is -1.95. The zero-order valence-corrected chi connectivity index (χ0v) is 16.3. The minimum absolute atomic E-state index is 0.711. The van der Waals surface area contributed by atoms with Crippen molar-refractivity contribution in [2.45, 2.75) is 32.7 Å². The predicted molar refractivity (Wildman–Crippen MR) is 103 cm³/mol. The number of rotatable bonds is 11. The molecule has 1 N–H and O–H groups in total. The number of ether oxygens (including phenoxy) is 3. The number of benzene rings is 1. The summed E-state index contributed by atoms with van der Waals surface area (Å²) in [5.41, 5.74) is 1.09. The van der Waals surface area contributed by atoms with Gasteiger partial charge in [-0.05, 0) is 38.3 Å². The lowest BCUT2D eigenvalue weighted by Crippen LogP contribution is -2.38. The van der Waals surface area contributed by atoms with Gasteiger partial charge in [-0.25, -0.2) is 0 Å². The van der Waals surface area contributed by atoms with Crippen molar-refractivity contribution in [3.05, 3.63) is 23.8 Å². The number of nitrogens with one attached hydrogen (secondary N) is 1. The number of hydrogen-bond acceptors (Lipinski definition) is 4. The summed E-state index contributed by atoms with van der Waals surface area (Å²) in [5.74, 6) is 2.52. The fourth-order valence-electron chi connectivity index (χ4n) is 2.50.